The molecule has 5 nitrogen and oxygen atoms in total. The summed E-state index contributed by atoms with van der Waals surface area (Å²) in [5.41, 5.74) is 1.38. The van der Waals surface area contributed by atoms with Crippen molar-refractivity contribution in [3.63, 3.8) is 0 Å². The number of para-hydroxylation sites is 1. The number of carbonyl (C=O) groups is 2. The topological polar surface area (TPSA) is 51.5 Å². The number of ether oxygens (including phenoxy) is 1. The number of halogens is 2. The van der Waals surface area contributed by atoms with Crippen LogP contribution < -0.4 is 0 Å². The predicted molar refractivity (Wildman–Crippen MR) is 99.0 cm³/mol. The lowest BCUT2D eigenvalue weighted by molar-refractivity contribution is -0.0910. The number of alkyl halides is 2. The minimum absolute atomic E-state index is 0.114. The van der Waals surface area contributed by atoms with Crippen molar-refractivity contribution in [2.45, 2.75) is 44.1 Å². The Morgan fingerprint density at radius 2 is 1.79 bits per heavy atom. The Morgan fingerprint density at radius 1 is 1.11 bits per heavy atom. The fourth-order valence-electron chi connectivity index (χ4n) is 4.08. The fourth-order valence-corrected chi connectivity index (χ4v) is 4.08. The van der Waals surface area contributed by atoms with Crippen LogP contribution in [0.15, 0.2) is 42.6 Å². The molecule has 1 aliphatic heterocycles. The Morgan fingerprint density at radius 3 is 2.46 bits per heavy atom. The van der Waals surface area contributed by atoms with Crippen LogP contribution in [0.4, 0.5) is 13.6 Å². The highest BCUT2D eigenvalue weighted by atomic mass is 19.3. The van der Waals surface area contributed by atoms with E-state index in [0.717, 1.165) is 11.4 Å². The summed E-state index contributed by atoms with van der Waals surface area (Å²) in [4.78, 5) is 26.4. The third kappa shape index (κ3) is 3.41. The number of carbonyl (C=O) groups excluding carboxylic acids is 2. The fraction of sp³-hybridized carbons (Fsp3) is 0.429. The van der Waals surface area contributed by atoms with Gasteiger partial charge in [-0.2, -0.15) is 0 Å². The van der Waals surface area contributed by atoms with Crippen molar-refractivity contribution in [3.8, 4) is 5.69 Å². The molecule has 0 bridgehead atoms. The summed E-state index contributed by atoms with van der Waals surface area (Å²) >= 11 is 0. The van der Waals surface area contributed by atoms with Crippen molar-refractivity contribution in [1.29, 1.82) is 0 Å². The summed E-state index contributed by atoms with van der Waals surface area (Å²) in [6.45, 7) is 1.93. The van der Waals surface area contributed by atoms with Crippen molar-refractivity contribution in [3.05, 3.63) is 53.9 Å². The first kappa shape index (κ1) is 18.7. The molecular weight excluding hydrogens is 366 g/mol. The molecular formula is C21H22F2N2O3. The first-order chi connectivity index (χ1) is 13.3. The van der Waals surface area contributed by atoms with Gasteiger partial charge in [0, 0.05) is 36.0 Å². The zero-order valence-electron chi connectivity index (χ0n) is 15.7. The zero-order valence-corrected chi connectivity index (χ0v) is 15.7. The Labute approximate surface area is 161 Å². The van der Waals surface area contributed by atoms with Gasteiger partial charge >= 0.3 is 6.09 Å². The number of nitrogens with zero attached hydrogens (tertiary/aromatic N) is 2. The van der Waals surface area contributed by atoms with Crippen LogP contribution in [0, 0.1) is 6.92 Å². The van der Waals surface area contributed by atoms with E-state index in [0.29, 0.717) is 5.56 Å². The van der Waals surface area contributed by atoms with E-state index >= 15 is 0 Å². The molecule has 1 saturated heterocycles. The van der Waals surface area contributed by atoms with Crippen molar-refractivity contribution in [1.82, 2.24) is 9.47 Å². The van der Waals surface area contributed by atoms with E-state index in [2.05, 4.69) is 0 Å². The molecule has 1 aromatic heterocycles. The summed E-state index contributed by atoms with van der Waals surface area (Å²) in [6.07, 6.45) is 0.894. The van der Waals surface area contributed by atoms with Gasteiger partial charge in [0.05, 0.1) is 13.1 Å². The van der Waals surface area contributed by atoms with Gasteiger partial charge < -0.3 is 9.30 Å². The van der Waals surface area contributed by atoms with Crippen LogP contribution in [0.1, 0.15) is 41.7 Å². The third-order valence-corrected chi connectivity index (χ3v) is 5.74. The van der Waals surface area contributed by atoms with Gasteiger partial charge in [-0.15, -0.1) is 0 Å². The highest BCUT2D eigenvalue weighted by Crippen LogP contribution is 2.43. The Balaban J connectivity index is 1.46. The van der Waals surface area contributed by atoms with E-state index < -0.39 is 17.6 Å². The second-order valence-electron chi connectivity index (χ2n) is 7.71. The minimum Gasteiger partial charge on any atom is -0.441 e. The van der Waals surface area contributed by atoms with Crippen LogP contribution >= 0.6 is 0 Å². The molecule has 0 N–H and O–H groups in total. The summed E-state index contributed by atoms with van der Waals surface area (Å²) in [7, 11) is 0. The smallest absolute Gasteiger partial charge is 0.410 e. The van der Waals surface area contributed by atoms with Gasteiger partial charge in [0.25, 0.3) is 0 Å². The molecule has 148 valence electrons. The van der Waals surface area contributed by atoms with Crippen LogP contribution in [0.25, 0.3) is 5.69 Å². The maximum atomic E-state index is 13.4. The monoisotopic (exact) mass is 388 g/mol. The second-order valence-corrected chi connectivity index (χ2v) is 7.71. The highest BCUT2D eigenvalue weighted by molar-refractivity contribution is 6.00. The van der Waals surface area contributed by atoms with Gasteiger partial charge in [-0.05, 0) is 38.0 Å². The number of ketones is 1. The molecule has 2 fully saturated rings. The summed E-state index contributed by atoms with van der Waals surface area (Å²) in [5, 5.41) is 0. The molecule has 7 heteroatoms. The number of benzene rings is 1. The predicted octanol–water partition coefficient (Wildman–Crippen LogP) is 4.37. The molecule has 1 amide bonds. The molecule has 0 unspecified atom stereocenters. The molecule has 28 heavy (non-hydrogen) atoms. The van der Waals surface area contributed by atoms with Crippen molar-refractivity contribution in [2.75, 3.05) is 13.1 Å². The van der Waals surface area contributed by atoms with Crippen molar-refractivity contribution in [2.24, 2.45) is 0 Å². The van der Waals surface area contributed by atoms with Gasteiger partial charge in [-0.25, -0.2) is 13.6 Å². The molecule has 4 rings (SSSR count). The SMILES string of the molecule is Cc1c(C(=O)CN2CC3(CCC(F)(F)CC3)OC2=O)ccn1-c1ccccc1. The maximum Gasteiger partial charge on any atom is 0.410 e. The lowest BCUT2D eigenvalue weighted by Crippen LogP contribution is -2.42. The largest absolute Gasteiger partial charge is 0.441 e. The molecule has 1 spiro atoms. The first-order valence-corrected chi connectivity index (χ1v) is 9.41. The van der Waals surface area contributed by atoms with Crippen LogP contribution in [0.2, 0.25) is 0 Å². The number of hydrogen-bond donors (Lipinski definition) is 0. The molecule has 2 heterocycles. The highest BCUT2D eigenvalue weighted by Gasteiger charge is 2.51. The molecule has 0 radical (unpaired) electrons. The average molecular weight is 388 g/mol. The molecule has 2 aromatic rings. The molecule has 1 aliphatic carbocycles. The van der Waals surface area contributed by atoms with E-state index in [4.69, 9.17) is 4.74 Å². The minimum atomic E-state index is -2.70. The summed E-state index contributed by atoms with van der Waals surface area (Å²) in [6, 6.07) is 11.4. The lowest BCUT2D eigenvalue weighted by Gasteiger charge is -2.34. The zero-order chi connectivity index (χ0) is 19.9. The molecule has 0 atom stereocenters. The normalized spacial score (nSPS) is 20.4. The van der Waals surface area contributed by atoms with Gasteiger partial charge in [-0.1, -0.05) is 18.2 Å². The Bertz CT molecular complexity index is 898. The van der Waals surface area contributed by atoms with Crippen molar-refractivity contribution < 1.29 is 23.1 Å². The van der Waals surface area contributed by atoms with Crippen LogP contribution in [0.3, 0.4) is 0 Å². The number of rotatable bonds is 4. The number of amides is 1. The van der Waals surface area contributed by atoms with E-state index in [9.17, 15) is 18.4 Å². The lowest BCUT2D eigenvalue weighted by atomic mass is 9.83. The Hall–Kier alpha value is -2.70. The van der Waals surface area contributed by atoms with Gasteiger partial charge in [0.1, 0.15) is 5.60 Å². The number of hydrogen-bond acceptors (Lipinski definition) is 3. The summed E-state index contributed by atoms with van der Waals surface area (Å²) in [5.74, 6) is -2.89. The van der Waals surface area contributed by atoms with Crippen LogP contribution in [-0.4, -0.2) is 46.0 Å². The first-order valence-electron chi connectivity index (χ1n) is 9.41. The quantitative estimate of drug-likeness (QED) is 0.731. The van der Waals surface area contributed by atoms with Crippen LogP contribution in [-0.2, 0) is 4.74 Å². The molecule has 1 aromatic carbocycles. The van der Waals surface area contributed by atoms with E-state index in [1.807, 2.05) is 48.0 Å². The number of aromatic nitrogens is 1. The van der Waals surface area contributed by atoms with Gasteiger partial charge in [0.15, 0.2) is 5.78 Å². The van der Waals surface area contributed by atoms with Gasteiger partial charge in [0.2, 0.25) is 5.92 Å². The standard InChI is InChI=1S/C21H22F2N2O3/c1-15-17(7-12-25(15)16-5-3-2-4-6-16)18(26)13-24-14-20(28-19(24)27)8-10-21(22,23)11-9-20/h2-7,12H,8-11,13-14H2,1H3. The molecule has 1 saturated carbocycles. The van der Waals surface area contributed by atoms with Crippen LogP contribution in [0.5, 0.6) is 0 Å². The Kier molecular flexibility index (Phi) is 4.48. The number of Topliss-reactive ketones (excluding diaryl/α,β-unsaturated/α-hetero) is 1. The molecule has 2 aliphatic rings. The second kappa shape index (κ2) is 6.72. The van der Waals surface area contributed by atoms with Gasteiger partial charge in [-0.3, -0.25) is 9.69 Å². The maximum absolute atomic E-state index is 13.4. The average Bonchev–Trinajstić information content (AvgIpc) is 3.19. The van der Waals surface area contributed by atoms with E-state index in [1.165, 1.54) is 4.90 Å². The third-order valence-electron chi connectivity index (χ3n) is 5.74. The van der Waals surface area contributed by atoms with Crippen molar-refractivity contribution >= 4 is 11.9 Å². The summed E-state index contributed by atoms with van der Waals surface area (Å²) < 4.78 is 34.2. The van der Waals surface area contributed by atoms with E-state index in [1.54, 1.807) is 6.07 Å². The van der Waals surface area contributed by atoms with E-state index in [-0.39, 0.29) is 44.6 Å².